The Kier molecular flexibility index (Phi) is 4.27. The molecule has 0 atom stereocenters. The van der Waals surface area contributed by atoms with Crippen molar-refractivity contribution >= 4 is 27.1 Å². The van der Waals surface area contributed by atoms with E-state index in [1.54, 1.807) is 0 Å². The summed E-state index contributed by atoms with van der Waals surface area (Å²) in [5.41, 5.74) is 3.71. The number of hydrazone groups is 1. The zero-order valence-electron chi connectivity index (χ0n) is 15.2. The highest BCUT2D eigenvalue weighted by Gasteiger charge is 2.52. The van der Waals surface area contributed by atoms with Gasteiger partial charge in [0.05, 0.1) is 9.82 Å². The van der Waals surface area contributed by atoms with Crippen LogP contribution in [-0.4, -0.2) is 19.1 Å². The summed E-state index contributed by atoms with van der Waals surface area (Å²) in [6.07, 6.45) is 7.47. The molecule has 1 aromatic carbocycles. The van der Waals surface area contributed by atoms with Gasteiger partial charge in [-0.05, 0) is 75.3 Å². The summed E-state index contributed by atoms with van der Waals surface area (Å²) in [6.45, 7) is 2.00. The van der Waals surface area contributed by atoms with Gasteiger partial charge in [-0.25, -0.2) is 13.6 Å². The third-order valence-electron chi connectivity index (χ3n) is 6.64. The molecular formula is C18H24N4O4S. The molecule has 4 fully saturated rings. The van der Waals surface area contributed by atoms with Crippen molar-refractivity contribution in [1.82, 2.24) is 0 Å². The smallest absolute Gasteiger partial charge is 0.272 e. The van der Waals surface area contributed by atoms with Gasteiger partial charge in [-0.15, -0.1) is 0 Å². The molecule has 0 heterocycles. The maximum absolute atomic E-state index is 11.5. The van der Waals surface area contributed by atoms with Gasteiger partial charge in [0, 0.05) is 17.2 Å². The van der Waals surface area contributed by atoms with Crippen LogP contribution >= 0.6 is 0 Å². The Hall–Kier alpha value is -2.00. The highest BCUT2D eigenvalue weighted by atomic mass is 32.2. The Bertz CT molecular complexity index is 890. The first-order valence-corrected chi connectivity index (χ1v) is 10.8. The SMILES string of the molecule is C/C(=N/Nc1ccc(S(N)(=O)=O)cc1[N+](=O)[O-])C12CC3CC(CC(C3)C1)C2. The Morgan fingerprint density at radius 3 is 2.26 bits per heavy atom. The van der Waals surface area contributed by atoms with Crippen LogP contribution in [0.2, 0.25) is 0 Å². The predicted molar refractivity (Wildman–Crippen MR) is 102 cm³/mol. The normalized spacial score (nSPS) is 32.5. The summed E-state index contributed by atoms with van der Waals surface area (Å²) >= 11 is 0. The third kappa shape index (κ3) is 3.34. The first-order valence-electron chi connectivity index (χ1n) is 9.28. The van der Waals surface area contributed by atoms with Gasteiger partial charge in [-0.3, -0.25) is 15.5 Å². The Morgan fingerprint density at radius 2 is 1.78 bits per heavy atom. The Labute approximate surface area is 158 Å². The van der Waals surface area contributed by atoms with E-state index in [0.717, 1.165) is 48.8 Å². The van der Waals surface area contributed by atoms with Crippen LogP contribution in [0.3, 0.4) is 0 Å². The lowest BCUT2D eigenvalue weighted by Gasteiger charge is -2.56. The van der Waals surface area contributed by atoms with Crippen molar-refractivity contribution in [3.8, 4) is 0 Å². The fraction of sp³-hybridized carbons (Fsp3) is 0.611. The number of nitrogens with two attached hydrogens (primary N) is 1. The molecule has 1 aromatic rings. The molecule has 8 nitrogen and oxygen atoms in total. The van der Waals surface area contributed by atoms with Crippen LogP contribution < -0.4 is 10.6 Å². The van der Waals surface area contributed by atoms with E-state index in [4.69, 9.17) is 5.14 Å². The second-order valence-corrected chi connectivity index (χ2v) is 10.0. The largest absolute Gasteiger partial charge is 0.295 e. The van der Waals surface area contributed by atoms with Crippen LogP contribution in [-0.2, 0) is 10.0 Å². The topological polar surface area (TPSA) is 128 Å². The van der Waals surface area contributed by atoms with Crippen LogP contribution in [0, 0.1) is 33.3 Å². The summed E-state index contributed by atoms with van der Waals surface area (Å²) in [6, 6.07) is 3.56. The van der Waals surface area contributed by atoms with E-state index in [9.17, 15) is 18.5 Å². The molecule has 4 bridgehead atoms. The fourth-order valence-corrected chi connectivity index (χ4v) is 6.28. The van der Waals surface area contributed by atoms with Gasteiger partial charge in [-0.2, -0.15) is 5.10 Å². The van der Waals surface area contributed by atoms with Gasteiger partial charge in [0.15, 0.2) is 0 Å². The monoisotopic (exact) mass is 392 g/mol. The lowest BCUT2D eigenvalue weighted by Crippen LogP contribution is -2.49. The number of nitrogens with zero attached hydrogens (tertiary/aromatic N) is 2. The second kappa shape index (κ2) is 6.27. The number of primary sulfonamides is 1. The summed E-state index contributed by atoms with van der Waals surface area (Å²) < 4.78 is 22.9. The second-order valence-electron chi connectivity index (χ2n) is 8.49. The van der Waals surface area contributed by atoms with E-state index < -0.39 is 14.9 Å². The standard InChI is InChI=1S/C18H24N4O4S/c1-11(18-8-12-4-13(9-18)6-14(5-12)10-18)20-21-16-3-2-15(27(19,25)26)7-17(16)22(23)24/h2-3,7,12-14,21H,4-6,8-10H2,1H3,(H2,19,25,26)/b20-11-. The van der Waals surface area contributed by atoms with E-state index in [2.05, 4.69) is 10.5 Å². The number of benzene rings is 1. The average molecular weight is 392 g/mol. The first kappa shape index (κ1) is 18.4. The van der Waals surface area contributed by atoms with Gasteiger partial charge < -0.3 is 0 Å². The highest BCUT2D eigenvalue weighted by Crippen LogP contribution is 2.60. The summed E-state index contributed by atoms with van der Waals surface area (Å²) in [4.78, 5) is 10.4. The molecule has 146 valence electrons. The minimum Gasteiger partial charge on any atom is -0.272 e. The van der Waals surface area contributed by atoms with Gasteiger partial charge >= 0.3 is 0 Å². The number of hydrogen-bond acceptors (Lipinski definition) is 6. The molecule has 4 saturated carbocycles. The van der Waals surface area contributed by atoms with Crippen LogP contribution in [0.4, 0.5) is 11.4 Å². The zero-order chi connectivity index (χ0) is 19.4. The number of nitro benzene ring substituents is 1. The number of hydrogen-bond donors (Lipinski definition) is 2. The number of anilines is 1. The minimum atomic E-state index is -4.01. The quantitative estimate of drug-likeness (QED) is 0.451. The third-order valence-corrected chi connectivity index (χ3v) is 7.56. The summed E-state index contributed by atoms with van der Waals surface area (Å²) in [5.74, 6) is 2.35. The molecule has 27 heavy (non-hydrogen) atoms. The van der Waals surface area contributed by atoms with E-state index in [1.165, 1.54) is 31.4 Å². The molecule has 0 saturated heterocycles. The van der Waals surface area contributed by atoms with E-state index >= 15 is 0 Å². The van der Waals surface area contributed by atoms with E-state index in [-0.39, 0.29) is 21.7 Å². The molecule has 9 heteroatoms. The van der Waals surface area contributed by atoms with E-state index in [1.807, 2.05) is 6.92 Å². The molecule has 4 aliphatic rings. The van der Waals surface area contributed by atoms with Crippen molar-refractivity contribution < 1.29 is 13.3 Å². The van der Waals surface area contributed by atoms with Crippen molar-refractivity contribution in [2.75, 3.05) is 5.43 Å². The van der Waals surface area contributed by atoms with Crippen molar-refractivity contribution in [3.63, 3.8) is 0 Å². The molecule has 0 unspecified atom stereocenters. The minimum absolute atomic E-state index is 0.108. The molecule has 3 N–H and O–H groups in total. The van der Waals surface area contributed by atoms with Crippen LogP contribution in [0.15, 0.2) is 28.2 Å². The van der Waals surface area contributed by atoms with Crippen LogP contribution in [0.25, 0.3) is 0 Å². The van der Waals surface area contributed by atoms with Crippen molar-refractivity contribution in [2.45, 2.75) is 50.3 Å². The molecule has 0 amide bonds. The number of nitro groups is 1. The molecule has 4 aliphatic carbocycles. The molecule has 0 aromatic heterocycles. The maximum Gasteiger partial charge on any atom is 0.295 e. The van der Waals surface area contributed by atoms with Crippen LogP contribution in [0.1, 0.15) is 45.4 Å². The average Bonchev–Trinajstić information content (AvgIpc) is 2.57. The fourth-order valence-electron chi connectivity index (χ4n) is 5.75. The lowest BCUT2D eigenvalue weighted by atomic mass is 9.48. The van der Waals surface area contributed by atoms with Crippen molar-refractivity contribution in [3.05, 3.63) is 28.3 Å². The molecule has 5 rings (SSSR count). The lowest BCUT2D eigenvalue weighted by molar-refractivity contribution is -0.384. The van der Waals surface area contributed by atoms with E-state index in [0.29, 0.717) is 0 Å². The van der Waals surface area contributed by atoms with Crippen molar-refractivity contribution in [1.29, 1.82) is 0 Å². The molecule has 0 aliphatic heterocycles. The van der Waals surface area contributed by atoms with Crippen LogP contribution in [0.5, 0.6) is 0 Å². The number of rotatable bonds is 5. The molecular weight excluding hydrogens is 368 g/mol. The first-order chi connectivity index (χ1) is 12.7. The summed E-state index contributed by atoms with van der Waals surface area (Å²) in [5, 5.41) is 20.9. The highest BCUT2D eigenvalue weighted by molar-refractivity contribution is 7.89. The zero-order valence-corrected chi connectivity index (χ0v) is 16.0. The van der Waals surface area contributed by atoms with Gasteiger partial charge in [-0.1, -0.05) is 0 Å². The molecule has 0 spiro atoms. The number of nitrogens with one attached hydrogen (secondary N) is 1. The predicted octanol–water partition coefficient (Wildman–Crippen LogP) is 3.25. The maximum atomic E-state index is 11.5. The molecule has 0 radical (unpaired) electrons. The Morgan fingerprint density at radius 1 is 1.22 bits per heavy atom. The van der Waals surface area contributed by atoms with Gasteiger partial charge in [0.2, 0.25) is 10.0 Å². The Balaban J connectivity index is 1.60. The summed E-state index contributed by atoms with van der Waals surface area (Å²) in [7, 11) is -4.01. The van der Waals surface area contributed by atoms with Gasteiger partial charge in [0.1, 0.15) is 5.69 Å². The number of sulfonamides is 1. The van der Waals surface area contributed by atoms with Gasteiger partial charge in [0.25, 0.3) is 5.69 Å². The van der Waals surface area contributed by atoms with Crippen molar-refractivity contribution in [2.24, 2.45) is 33.4 Å².